The van der Waals surface area contributed by atoms with Gasteiger partial charge in [-0.3, -0.25) is 4.79 Å². The van der Waals surface area contributed by atoms with Crippen molar-refractivity contribution >= 4 is 46.6 Å². The lowest BCUT2D eigenvalue weighted by molar-refractivity contribution is -0.129. The highest BCUT2D eigenvalue weighted by Gasteiger charge is 2.37. The van der Waals surface area contributed by atoms with Gasteiger partial charge >= 0.3 is 0 Å². The van der Waals surface area contributed by atoms with Gasteiger partial charge in [0.15, 0.2) is 0 Å². The van der Waals surface area contributed by atoms with Crippen LogP contribution in [0.25, 0.3) is 0 Å². The summed E-state index contributed by atoms with van der Waals surface area (Å²) < 4.78 is -0.0918. The van der Waals surface area contributed by atoms with E-state index in [1.165, 1.54) is 0 Å². The Kier molecular flexibility index (Phi) is 5.40. The van der Waals surface area contributed by atoms with Crippen LogP contribution in [0.2, 0.25) is 0 Å². The number of hydrogen-bond acceptors (Lipinski definition) is 4. The zero-order chi connectivity index (χ0) is 12.2. The van der Waals surface area contributed by atoms with E-state index in [1.807, 2.05) is 17.4 Å². The summed E-state index contributed by atoms with van der Waals surface area (Å²) in [7, 11) is 0. The van der Waals surface area contributed by atoms with Crippen LogP contribution in [0.3, 0.4) is 0 Å². The fourth-order valence-electron chi connectivity index (χ4n) is 1.88. The van der Waals surface area contributed by atoms with Crippen molar-refractivity contribution in [2.24, 2.45) is 5.73 Å². The second-order valence-electron chi connectivity index (χ2n) is 3.88. The van der Waals surface area contributed by atoms with Gasteiger partial charge in [0.05, 0.1) is 15.5 Å². The third-order valence-corrected chi connectivity index (χ3v) is 5.50. The normalized spacial score (nSPS) is 19.5. The van der Waals surface area contributed by atoms with E-state index in [2.05, 4.69) is 0 Å². The SMILES string of the molecule is CSCC(=O)N1CCC(SC)(C(N)=S)CC1. The van der Waals surface area contributed by atoms with Gasteiger partial charge in [0.25, 0.3) is 0 Å². The minimum Gasteiger partial charge on any atom is -0.392 e. The summed E-state index contributed by atoms with van der Waals surface area (Å²) in [5.74, 6) is 0.796. The van der Waals surface area contributed by atoms with Crippen LogP contribution in [0.5, 0.6) is 0 Å². The molecular weight excluding hydrogens is 260 g/mol. The molecule has 1 heterocycles. The largest absolute Gasteiger partial charge is 0.392 e. The van der Waals surface area contributed by atoms with Gasteiger partial charge in [-0.2, -0.15) is 23.5 Å². The summed E-state index contributed by atoms with van der Waals surface area (Å²) >= 11 is 8.42. The lowest BCUT2D eigenvalue weighted by Gasteiger charge is -2.40. The maximum absolute atomic E-state index is 11.7. The molecule has 1 aliphatic rings. The maximum Gasteiger partial charge on any atom is 0.232 e. The number of amides is 1. The number of nitrogens with zero attached hydrogens (tertiary/aromatic N) is 1. The molecule has 0 radical (unpaired) electrons. The Hall–Kier alpha value is 0.0600. The van der Waals surface area contributed by atoms with Gasteiger partial charge in [-0.1, -0.05) is 12.2 Å². The maximum atomic E-state index is 11.7. The molecule has 2 N–H and O–H groups in total. The average Bonchev–Trinajstić information content (AvgIpc) is 2.29. The fourth-order valence-corrected chi connectivity index (χ4v) is 3.56. The van der Waals surface area contributed by atoms with Crippen molar-refractivity contribution in [3.05, 3.63) is 0 Å². The summed E-state index contributed by atoms with van der Waals surface area (Å²) in [6.45, 7) is 1.55. The van der Waals surface area contributed by atoms with Crippen molar-refractivity contribution in [2.45, 2.75) is 17.6 Å². The molecule has 3 nitrogen and oxygen atoms in total. The van der Waals surface area contributed by atoms with Gasteiger partial charge < -0.3 is 10.6 Å². The molecule has 0 aromatic heterocycles. The van der Waals surface area contributed by atoms with Crippen molar-refractivity contribution < 1.29 is 4.79 Å². The number of carbonyl (C=O) groups excluding carboxylic acids is 1. The number of thioether (sulfide) groups is 2. The number of likely N-dealkylation sites (tertiary alicyclic amines) is 1. The van der Waals surface area contributed by atoms with E-state index in [9.17, 15) is 4.79 Å². The molecule has 0 unspecified atom stereocenters. The molecular formula is C10H18N2OS3. The Bertz CT molecular complexity index is 275. The Labute approximate surface area is 111 Å². The minimum absolute atomic E-state index is 0.0918. The van der Waals surface area contributed by atoms with Gasteiger partial charge in [0.2, 0.25) is 5.91 Å². The first-order valence-electron chi connectivity index (χ1n) is 5.17. The van der Waals surface area contributed by atoms with Crippen LogP contribution in [0.15, 0.2) is 0 Å². The Morgan fingerprint density at radius 3 is 2.38 bits per heavy atom. The van der Waals surface area contributed by atoms with E-state index in [0.29, 0.717) is 10.7 Å². The summed E-state index contributed by atoms with van der Waals surface area (Å²) in [6.07, 6.45) is 5.74. The summed E-state index contributed by atoms with van der Waals surface area (Å²) in [6, 6.07) is 0. The summed E-state index contributed by atoms with van der Waals surface area (Å²) in [5, 5.41) is 0. The molecule has 92 valence electrons. The van der Waals surface area contributed by atoms with Crippen molar-refractivity contribution in [1.29, 1.82) is 0 Å². The number of carbonyl (C=O) groups is 1. The molecule has 1 saturated heterocycles. The smallest absolute Gasteiger partial charge is 0.232 e. The van der Waals surface area contributed by atoms with Crippen LogP contribution in [0, 0.1) is 0 Å². The number of thiocarbonyl (C=S) groups is 1. The third kappa shape index (κ3) is 3.05. The molecule has 6 heteroatoms. The van der Waals surface area contributed by atoms with Crippen molar-refractivity contribution in [2.75, 3.05) is 31.4 Å². The van der Waals surface area contributed by atoms with Crippen LogP contribution in [-0.2, 0) is 4.79 Å². The van der Waals surface area contributed by atoms with E-state index in [-0.39, 0.29) is 10.7 Å². The topological polar surface area (TPSA) is 46.3 Å². The first kappa shape index (κ1) is 14.1. The van der Waals surface area contributed by atoms with Crippen molar-refractivity contribution in [3.63, 3.8) is 0 Å². The predicted octanol–water partition coefficient (Wildman–Crippen LogP) is 1.36. The molecule has 0 aromatic carbocycles. The van der Waals surface area contributed by atoms with E-state index < -0.39 is 0 Å². The monoisotopic (exact) mass is 278 g/mol. The van der Waals surface area contributed by atoms with Crippen molar-refractivity contribution in [3.8, 4) is 0 Å². The van der Waals surface area contributed by atoms with Crippen LogP contribution >= 0.6 is 35.7 Å². The molecule has 1 fully saturated rings. The molecule has 16 heavy (non-hydrogen) atoms. The van der Waals surface area contributed by atoms with Gasteiger partial charge in [-0.15, -0.1) is 0 Å². The first-order chi connectivity index (χ1) is 7.55. The lowest BCUT2D eigenvalue weighted by Crippen LogP contribution is -2.51. The molecule has 0 aromatic rings. The highest BCUT2D eigenvalue weighted by Crippen LogP contribution is 2.34. The second-order valence-corrected chi connectivity index (χ2v) is 6.37. The van der Waals surface area contributed by atoms with Gasteiger partial charge in [0, 0.05) is 13.1 Å². The van der Waals surface area contributed by atoms with E-state index in [4.69, 9.17) is 18.0 Å². The van der Waals surface area contributed by atoms with E-state index >= 15 is 0 Å². The van der Waals surface area contributed by atoms with E-state index in [0.717, 1.165) is 25.9 Å². The van der Waals surface area contributed by atoms with Crippen LogP contribution in [0.4, 0.5) is 0 Å². The highest BCUT2D eigenvalue weighted by molar-refractivity contribution is 8.02. The number of rotatable bonds is 4. The number of nitrogens with two attached hydrogens (primary N) is 1. The van der Waals surface area contributed by atoms with Crippen molar-refractivity contribution in [1.82, 2.24) is 4.90 Å². The number of hydrogen-bond donors (Lipinski definition) is 1. The molecule has 0 saturated carbocycles. The zero-order valence-corrected chi connectivity index (χ0v) is 12.1. The molecule has 1 aliphatic heterocycles. The Morgan fingerprint density at radius 1 is 1.44 bits per heavy atom. The standard InChI is InChI=1S/C10H18N2OS3/c1-15-7-8(13)12-5-3-10(16-2,4-6-12)9(11)14/h3-7H2,1-2H3,(H2,11,14). The molecule has 0 bridgehead atoms. The van der Waals surface area contributed by atoms with Gasteiger partial charge in [0.1, 0.15) is 0 Å². The average molecular weight is 278 g/mol. The molecule has 1 rings (SSSR count). The van der Waals surface area contributed by atoms with E-state index in [1.54, 1.807) is 23.5 Å². The molecule has 1 amide bonds. The highest BCUT2D eigenvalue weighted by atomic mass is 32.2. The van der Waals surface area contributed by atoms with Gasteiger partial charge in [-0.05, 0) is 25.4 Å². The van der Waals surface area contributed by atoms with Crippen LogP contribution in [0.1, 0.15) is 12.8 Å². The first-order valence-corrected chi connectivity index (χ1v) is 8.20. The Morgan fingerprint density at radius 2 is 2.00 bits per heavy atom. The molecule has 0 aliphatic carbocycles. The fraction of sp³-hybridized carbons (Fsp3) is 0.800. The summed E-state index contributed by atoms with van der Waals surface area (Å²) in [5.41, 5.74) is 5.80. The summed E-state index contributed by atoms with van der Waals surface area (Å²) in [4.78, 5) is 14.2. The third-order valence-electron chi connectivity index (χ3n) is 3.03. The van der Waals surface area contributed by atoms with Gasteiger partial charge in [-0.25, -0.2) is 0 Å². The van der Waals surface area contributed by atoms with Crippen LogP contribution in [-0.4, -0.2) is 51.9 Å². The predicted molar refractivity (Wildman–Crippen MR) is 77.2 cm³/mol. The molecule has 0 atom stereocenters. The second kappa shape index (κ2) is 6.12. The molecule has 0 spiro atoms. The zero-order valence-electron chi connectivity index (χ0n) is 9.69. The minimum atomic E-state index is -0.0918. The lowest BCUT2D eigenvalue weighted by atomic mass is 9.95. The number of piperidine rings is 1. The van der Waals surface area contributed by atoms with Crippen LogP contribution < -0.4 is 5.73 Å². The quantitative estimate of drug-likeness (QED) is 0.787. The Balaban J connectivity index is 2.56.